The average molecular weight is 365 g/mol. The molecule has 1 fully saturated rings. The molecule has 0 aromatic rings. The zero-order chi connectivity index (χ0) is 19.2. The first-order valence-corrected chi connectivity index (χ1v) is 8.97. The van der Waals surface area contributed by atoms with Gasteiger partial charge in [0, 0.05) is 35.8 Å². The van der Waals surface area contributed by atoms with Crippen molar-refractivity contribution in [3.05, 3.63) is 85.1 Å². The normalized spacial score (nSPS) is 34.8. The summed E-state index contributed by atoms with van der Waals surface area (Å²) in [7, 11) is 0. The van der Waals surface area contributed by atoms with Crippen LogP contribution in [0.3, 0.4) is 0 Å². The number of amides is 1. The molecule has 0 aromatic heterocycles. The van der Waals surface area contributed by atoms with Gasteiger partial charge in [0.15, 0.2) is 0 Å². The molecule has 1 amide bonds. The van der Waals surface area contributed by atoms with Crippen LogP contribution >= 0.6 is 0 Å². The molecule has 0 bridgehead atoms. The second-order valence-electron chi connectivity index (χ2n) is 6.76. The summed E-state index contributed by atoms with van der Waals surface area (Å²) in [5, 5.41) is 8.57. The maximum atomic E-state index is 10.8. The summed E-state index contributed by atoms with van der Waals surface area (Å²) in [5.41, 5.74) is 5.12. The highest BCUT2D eigenvalue weighted by Crippen LogP contribution is 2.50. The molecule has 1 aliphatic heterocycles. The molecule has 1 heterocycles. The van der Waals surface area contributed by atoms with Gasteiger partial charge < -0.3 is 15.6 Å². The SMILES string of the molecule is NC(=O)/C=C/C=C/C1C=CC2C=CC3OC(/C=C/C=C/C=C/C(=O)O)C1C23. The van der Waals surface area contributed by atoms with Crippen LogP contribution in [0.25, 0.3) is 0 Å². The molecule has 3 N–H and O–H groups in total. The van der Waals surface area contributed by atoms with E-state index in [1.54, 1.807) is 18.2 Å². The van der Waals surface area contributed by atoms with E-state index < -0.39 is 11.9 Å². The van der Waals surface area contributed by atoms with Gasteiger partial charge in [0.05, 0.1) is 12.2 Å². The molecule has 0 aromatic carbocycles. The molecule has 27 heavy (non-hydrogen) atoms. The van der Waals surface area contributed by atoms with Crippen LogP contribution in [0.15, 0.2) is 85.1 Å². The van der Waals surface area contributed by atoms with Crippen LogP contribution in [0.2, 0.25) is 0 Å². The van der Waals surface area contributed by atoms with Gasteiger partial charge in [-0.05, 0) is 0 Å². The molecule has 3 rings (SSSR count). The molecular weight excluding hydrogens is 342 g/mol. The van der Waals surface area contributed by atoms with Crippen LogP contribution in [0.5, 0.6) is 0 Å². The first kappa shape index (κ1) is 18.9. The van der Waals surface area contributed by atoms with Crippen molar-refractivity contribution >= 4 is 11.9 Å². The lowest BCUT2D eigenvalue weighted by Crippen LogP contribution is -2.32. The molecule has 6 atom stereocenters. The third-order valence-electron chi connectivity index (χ3n) is 5.06. The molecule has 2 aliphatic carbocycles. The highest BCUT2D eigenvalue weighted by molar-refractivity contribution is 5.86. The molecule has 0 spiro atoms. The van der Waals surface area contributed by atoms with Crippen LogP contribution in [-0.2, 0) is 14.3 Å². The predicted molar refractivity (Wildman–Crippen MR) is 103 cm³/mol. The molecule has 0 radical (unpaired) electrons. The largest absolute Gasteiger partial charge is 0.478 e. The lowest BCUT2D eigenvalue weighted by atomic mass is 9.70. The van der Waals surface area contributed by atoms with E-state index in [0.717, 1.165) is 6.08 Å². The smallest absolute Gasteiger partial charge is 0.328 e. The zero-order valence-corrected chi connectivity index (χ0v) is 14.8. The fourth-order valence-electron chi connectivity index (χ4n) is 4.02. The number of hydrogen-bond acceptors (Lipinski definition) is 3. The van der Waals surface area contributed by atoms with Gasteiger partial charge in [-0.25, -0.2) is 4.79 Å². The van der Waals surface area contributed by atoms with Crippen LogP contribution in [-0.4, -0.2) is 29.2 Å². The van der Waals surface area contributed by atoms with Crippen LogP contribution < -0.4 is 5.73 Å². The summed E-state index contributed by atoms with van der Waals surface area (Å²) in [6, 6.07) is 0. The topological polar surface area (TPSA) is 89.6 Å². The van der Waals surface area contributed by atoms with Gasteiger partial charge >= 0.3 is 5.97 Å². The number of carboxylic acid groups (broad SMARTS) is 1. The number of ether oxygens (including phenoxy) is 1. The first-order chi connectivity index (χ1) is 13.1. The number of rotatable bonds is 7. The summed E-state index contributed by atoms with van der Waals surface area (Å²) < 4.78 is 6.23. The number of aliphatic carboxylic acids is 1. The maximum absolute atomic E-state index is 10.8. The van der Waals surface area contributed by atoms with E-state index in [1.165, 1.54) is 12.2 Å². The number of carbonyl (C=O) groups excluding carboxylic acids is 1. The third-order valence-corrected chi connectivity index (χ3v) is 5.06. The summed E-state index contributed by atoms with van der Waals surface area (Å²) in [5.74, 6) is -0.111. The second-order valence-corrected chi connectivity index (χ2v) is 6.76. The van der Waals surface area contributed by atoms with Gasteiger partial charge in [-0.1, -0.05) is 72.9 Å². The molecule has 3 aliphatic rings. The number of hydrogen-bond donors (Lipinski definition) is 2. The number of carbonyl (C=O) groups is 2. The van der Waals surface area contributed by atoms with Crippen molar-refractivity contribution in [1.29, 1.82) is 0 Å². The minimum absolute atomic E-state index is 0.0275. The Bertz CT molecular complexity index is 784. The number of nitrogens with two attached hydrogens (primary N) is 1. The van der Waals surface area contributed by atoms with Crippen LogP contribution in [0.4, 0.5) is 0 Å². The molecular formula is C22H23NO4. The van der Waals surface area contributed by atoms with E-state index in [4.69, 9.17) is 15.6 Å². The van der Waals surface area contributed by atoms with Crippen molar-refractivity contribution in [2.75, 3.05) is 0 Å². The standard InChI is InChI=1S/C22H23NO4/c23-19(24)9-6-5-7-15-11-12-16-13-14-18-22(16)21(15)17(27-18)8-3-1-2-4-10-20(25)26/h1-18,21-22H,(H2,23,24)(H,25,26)/b2-1+,7-5+,8-3+,9-6+,10-4+. The summed E-state index contributed by atoms with van der Waals surface area (Å²) in [6.45, 7) is 0. The lowest BCUT2D eigenvalue weighted by molar-refractivity contribution is -0.131. The van der Waals surface area contributed by atoms with E-state index in [2.05, 4.69) is 30.4 Å². The lowest BCUT2D eigenvalue weighted by Gasteiger charge is -2.32. The first-order valence-electron chi connectivity index (χ1n) is 8.97. The Balaban J connectivity index is 1.72. The Morgan fingerprint density at radius 2 is 1.56 bits per heavy atom. The van der Waals surface area contributed by atoms with Gasteiger partial charge in [-0.2, -0.15) is 0 Å². The highest BCUT2D eigenvalue weighted by atomic mass is 16.5. The van der Waals surface area contributed by atoms with Gasteiger partial charge in [0.25, 0.3) is 0 Å². The van der Waals surface area contributed by atoms with E-state index in [-0.39, 0.29) is 18.1 Å². The van der Waals surface area contributed by atoms with Crippen molar-refractivity contribution in [3.63, 3.8) is 0 Å². The van der Waals surface area contributed by atoms with Crippen molar-refractivity contribution in [2.45, 2.75) is 12.2 Å². The zero-order valence-electron chi connectivity index (χ0n) is 14.8. The van der Waals surface area contributed by atoms with E-state index in [0.29, 0.717) is 17.8 Å². The summed E-state index contributed by atoms with van der Waals surface area (Å²) in [6.07, 6.45) is 25.8. The van der Waals surface area contributed by atoms with E-state index in [9.17, 15) is 9.59 Å². The van der Waals surface area contributed by atoms with Crippen molar-refractivity contribution < 1.29 is 19.4 Å². The Morgan fingerprint density at radius 1 is 0.852 bits per heavy atom. The molecule has 140 valence electrons. The monoisotopic (exact) mass is 365 g/mol. The van der Waals surface area contributed by atoms with E-state index in [1.807, 2.05) is 18.2 Å². The van der Waals surface area contributed by atoms with Gasteiger partial charge in [-0.3, -0.25) is 4.79 Å². The Hall–Kier alpha value is -2.92. The fourth-order valence-corrected chi connectivity index (χ4v) is 4.02. The third kappa shape index (κ3) is 4.63. The Morgan fingerprint density at radius 3 is 2.33 bits per heavy atom. The predicted octanol–water partition coefficient (Wildman–Crippen LogP) is 2.71. The number of carboxylic acids is 1. The van der Waals surface area contributed by atoms with Crippen molar-refractivity contribution in [1.82, 2.24) is 0 Å². The molecule has 5 heteroatoms. The minimum atomic E-state index is -0.970. The van der Waals surface area contributed by atoms with Gasteiger partial charge in [0.2, 0.25) is 5.91 Å². The van der Waals surface area contributed by atoms with Crippen LogP contribution in [0, 0.1) is 23.7 Å². The highest BCUT2D eigenvalue weighted by Gasteiger charge is 2.50. The number of primary amides is 1. The molecule has 5 nitrogen and oxygen atoms in total. The van der Waals surface area contributed by atoms with Crippen molar-refractivity contribution in [3.8, 4) is 0 Å². The molecule has 0 saturated carbocycles. The van der Waals surface area contributed by atoms with Crippen molar-refractivity contribution in [2.24, 2.45) is 29.4 Å². The molecule has 6 unspecified atom stereocenters. The maximum Gasteiger partial charge on any atom is 0.328 e. The summed E-state index contributed by atoms with van der Waals surface area (Å²) in [4.78, 5) is 21.3. The Kier molecular flexibility index (Phi) is 6.04. The van der Waals surface area contributed by atoms with Crippen LogP contribution in [0.1, 0.15) is 0 Å². The van der Waals surface area contributed by atoms with Gasteiger partial charge in [-0.15, -0.1) is 0 Å². The van der Waals surface area contributed by atoms with Gasteiger partial charge in [0.1, 0.15) is 0 Å². The van der Waals surface area contributed by atoms with E-state index >= 15 is 0 Å². The summed E-state index contributed by atoms with van der Waals surface area (Å²) >= 11 is 0. The Labute approximate surface area is 158 Å². The quantitative estimate of drug-likeness (QED) is 0.412. The number of allylic oxidation sites excluding steroid dienone is 10. The minimum Gasteiger partial charge on any atom is -0.478 e. The average Bonchev–Trinajstić information content (AvgIpc) is 3.19. The molecule has 1 saturated heterocycles. The second kappa shape index (κ2) is 8.64. The fraction of sp³-hybridized carbons (Fsp3) is 0.273.